The number of hydrogen-bond acceptors (Lipinski definition) is 3. The molecular weight excluding hydrogens is 300 g/mol. The number of hydrogen-bond donors (Lipinski definition) is 0. The average Bonchev–Trinajstić information content (AvgIpc) is 3.11. The Morgan fingerprint density at radius 3 is 2.33 bits per heavy atom. The SMILES string of the molecule is COc1ccc(C2C(=O)c3ccc(OC)cc3[C@@H]3CCC[C@H]23)cc1. The van der Waals surface area contributed by atoms with Gasteiger partial charge in [-0.1, -0.05) is 18.6 Å². The first-order chi connectivity index (χ1) is 11.7. The van der Waals surface area contributed by atoms with E-state index in [0.29, 0.717) is 11.8 Å². The van der Waals surface area contributed by atoms with E-state index in [4.69, 9.17) is 9.47 Å². The number of fused-ring (bicyclic) bond motifs is 3. The van der Waals surface area contributed by atoms with Crippen molar-refractivity contribution in [2.75, 3.05) is 14.2 Å². The zero-order valence-corrected chi connectivity index (χ0v) is 14.1. The molecule has 0 bridgehead atoms. The summed E-state index contributed by atoms with van der Waals surface area (Å²) in [5, 5.41) is 0. The van der Waals surface area contributed by atoms with Gasteiger partial charge in [0, 0.05) is 5.56 Å². The van der Waals surface area contributed by atoms with Crippen LogP contribution < -0.4 is 9.47 Å². The van der Waals surface area contributed by atoms with Gasteiger partial charge in [0.1, 0.15) is 11.5 Å². The Bertz CT molecular complexity index is 763. The number of benzene rings is 2. The van der Waals surface area contributed by atoms with Crippen LogP contribution in [0.2, 0.25) is 0 Å². The van der Waals surface area contributed by atoms with Gasteiger partial charge in [0.25, 0.3) is 0 Å². The number of Topliss-reactive ketones (excluding diaryl/α,β-unsaturated/α-hetero) is 1. The zero-order chi connectivity index (χ0) is 16.7. The second-order valence-electron chi connectivity index (χ2n) is 6.77. The summed E-state index contributed by atoms with van der Waals surface area (Å²) in [6.45, 7) is 0. The third-order valence-corrected chi connectivity index (χ3v) is 5.68. The predicted octanol–water partition coefficient (Wildman–Crippen LogP) is 4.57. The molecule has 0 aromatic heterocycles. The van der Waals surface area contributed by atoms with Crippen LogP contribution in [0.5, 0.6) is 11.5 Å². The Kier molecular flexibility index (Phi) is 3.79. The Labute approximate surface area is 142 Å². The lowest BCUT2D eigenvalue weighted by Gasteiger charge is -2.35. The van der Waals surface area contributed by atoms with Gasteiger partial charge in [0.2, 0.25) is 0 Å². The number of carbonyl (C=O) groups excluding carboxylic acids is 1. The lowest BCUT2D eigenvalue weighted by Crippen LogP contribution is -2.30. The molecule has 1 fully saturated rings. The van der Waals surface area contributed by atoms with Gasteiger partial charge < -0.3 is 9.47 Å². The average molecular weight is 322 g/mol. The summed E-state index contributed by atoms with van der Waals surface area (Å²) in [4.78, 5) is 13.2. The van der Waals surface area contributed by atoms with Crippen molar-refractivity contribution in [2.45, 2.75) is 31.1 Å². The molecule has 0 heterocycles. The summed E-state index contributed by atoms with van der Waals surface area (Å²) in [7, 11) is 3.34. The monoisotopic (exact) mass is 322 g/mol. The Morgan fingerprint density at radius 1 is 0.917 bits per heavy atom. The van der Waals surface area contributed by atoms with Gasteiger partial charge in [0.05, 0.1) is 20.1 Å². The lowest BCUT2D eigenvalue weighted by atomic mass is 9.67. The lowest BCUT2D eigenvalue weighted by molar-refractivity contribution is 0.0907. The molecule has 0 N–H and O–H groups in total. The van der Waals surface area contributed by atoms with E-state index in [9.17, 15) is 4.79 Å². The van der Waals surface area contributed by atoms with Crippen LogP contribution in [-0.4, -0.2) is 20.0 Å². The third-order valence-electron chi connectivity index (χ3n) is 5.68. The van der Waals surface area contributed by atoms with Crippen molar-refractivity contribution in [3.63, 3.8) is 0 Å². The summed E-state index contributed by atoms with van der Waals surface area (Å²) < 4.78 is 10.6. The van der Waals surface area contributed by atoms with Gasteiger partial charge in [0.15, 0.2) is 5.78 Å². The van der Waals surface area contributed by atoms with E-state index in [-0.39, 0.29) is 11.7 Å². The van der Waals surface area contributed by atoms with Crippen LogP contribution >= 0.6 is 0 Å². The molecule has 24 heavy (non-hydrogen) atoms. The molecule has 2 aromatic carbocycles. The molecule has 2 aliphatic rings. The van der Waals surface area contributed by atoms with Crippen LogP contribution in [0.3, 0.4) is 0 Å². The highest BCUT2D eigenvalue weighted by molar-refractivity contribution is 6.04. The summed E-state index contributed by atoms with van der Waals surface area (Å²) in [6, 6.07) is 13.9. The zero-order valence-electron chi connectivity index (χ0n) is 14.1. The molecule has 2 aliphatic carbocycles. The molecule has 4 rings (SSSR count). The summed E-state index contributed by atoms with van der Waals surface area (Å²) >= 11 is 0. The van der Waals surface area contributed by atoms with Crippen LogP contribution in [-0.2, 0) is 0 Å². The molecule has 0 saturated heterocycles. The molecule has 3 heteroatoms. The van der Waals surface area contributed by atoms with Crippen LogP contribution in [0.1, 0.15) is 52.6 Å². The Morgan fingerprint density at radius 2 is 1.62 bits per heavy atom. The van der Waals surface area contributed by atoms with Crippen LogP contribution in [0.4, 0.5) is 0 Å². The Balaban J connectivity index is 1.79. The summed E-state index contributed by atoms with van der Waals surface area (Å²) in [6.07, 6.45) is 3.46. The maximum atomic E-state index is 13.2. The second kappa shape index (κ2) is 5.97. The number of ketones is 1. The smallest absolute Gasteiger partial charge is 0.170 e. The highest BCUT2D eigenvalue weighted by atomic mass is 16.5. The van der Waals surface area contributed by atoms with Crippen LogP contribution in [0.25, 0.3) is 0 Å². The fraction of sp³-hybridized carbons (Fsp3) is 0.381. The molecule has 3 atom stereocenters. The molecular formula is C21H22O3. The van der Waals surface area contributed by atoms with Crippen molar-refractivity contribution in [2.24, 2.45) is 5.92 Å². The van der Waals surface area contributed by atoms with Gasteiger partial charge in [-0.15, -0.1) is 0 Å². The molecule has 0 aliphatic heterocycles. The maximum absolute atomic E-state index is 13.2. The van der Waals surface area contributed by atoms with Crippen molar-refractivity contribution in [3.8, 4) is 11.5 Å². The minimum Gasteiger partial charge on any atom is -0.497 e. The van der Waals surface area contributed by atoms with E-state index in [1.54, 1.807) is 14.2 Å². The molecule has 0 radical (unpaired) electrons. The minimum absolute atomic E-state index is 0.0377. The highest BCUT2D eigenvalue weighted by Gasteiger charge is 2.45. The fourth-order valence-corrected chi connectivity index (χ4v) is 4.54. The maximum Gasteiger partial charge on any atom is 0.170 e. The predicted molar refractivity (Wildman–Crippen MR) is 93.1 cm³/mol. The van der Waals surface area contributed by atoms with Crippen molar-refractivity contribution in [1.29, 1.82) is 0 Å². The molecule has 124 valence electrons. The van der Waals surface area contributed by atoms with E-state index in [1.807, 2.05) is 36.4 Å². The number of rotatable bonds is 3. The largest absolute Gasteiger partial charge is 0.497 e. The molecule has 3 nitrogen and oxygen atoms in total. The van der Waals surface area contributed by atoms with Gasteiger partial charge in [-0.2, -0.15) is 0 Å². The van der Waals surface area contributed by atoms with Gasteiger partial charge >= 0.3 is 0 Å². The molecule has 0 amide bonds. The van der Waals surface area contributed by atoms with Crippen LogP contribution in [0.15, 0.2) is 42.5 Å². The molecule has 2 aromatic rings. The summed E-state index contributed by atoms with van der Waals surface area (Å²) in [5.41, 5.74) is 3.17. The first kappa shape index (κ1) is 15.3. The molecule has 1 unspecified atom stereocenters. The normalized spacial score (nSPS) is 25.1. The standard InChI is InChI=1S/C21H22O3/c1-23-14-8-6-13(7-9-14)20-17-5-3-4-16(17)19-12-15(24-2)10-11-18(19)21(20)22/h6-12,16-17,20H,3-5H2,1-2H3/t16-,17+,20?/m1/s1. The Hall–Kier alpha value is -2.29. The van der Waals surface area contributed by atoms with E-state index in [1.165, 1.54) is 12.0 Å². The summed E-state index contributed by atoms with van der Waals surface area (Å²) in [5.74, 6) is 2.74. The van der Waals surface area contributed by atoms with E-state index < -0.39 is 0 Å². The van der Waals surface area contributed by atoms with Crippen molar-refractivity contribution < 1.29 is 14.3 Å². The van der Waals surface area contributed by atoms with Crippen molar-refractivity contribution >= 4 is 5.78 Å². The fourth-order valence-electron chi connectivity index (χ4n) is 4.54. The quantitative estimate of drug-likeness (QED) is 0.830. The first-order valence-electron chi connectivity index (χ1n) is 8.59. The highest BCUT2D eigenvalue weighted by Crippen LogP contribution is 2.53. The van der Waals surface area contributed by atoms with Crippen LogP contribution in [0, 0.1) is 5.92 Å². The first-order valence-corrected chi connectivity index (χ1v) is 8.59. The van der Waals surface area contributed by atoms with Gasteiger partial charge in [-0.05, 0) is 66.1 Å². The van der Waals surface area contributed by atoms with E-state index >= 15 is 0 Å². The van der Waals surface area contributed by atoms with E-state index in [2.05, 4.69) is 6.07 Å². The number of carbonyl (C=O) groups is 1. The third kappa shape index (κ3) is 2.31. The van der Waals surface area contributed by atoms with Crippen molar-refractivity contribution in [1.82, 2.24) is 0 Å². The second-order valence-corrected chi connectivity index (χ2v) is 6.77. The minimum atomic E-state index is -0.0377. The molecule has 0 spiro atoms. The molecule has 1 saturated carbocycles. The van der Waals surface area contributed by atoms with Gasteiger partial charge in [-0.25, -0.2) is 0 Å². The number of methoxy groups -OCH3 is 2. The number of ether oxygens (including phenoxy) is 2. The van der Waals surface area contributed by atoms with E-state index in [0.717, 1.165) is 35.5 Å². The van der Waals surface area contributed by atoms with Crippen molar-refractivity contribution in [3.05, 3.63) is 59.2 Å². The topological polar surface area (TPSA) is 35.5 Å². The van der Waals surface area contributed by atoms with Gasteiger partial charge in [-0.3, -0.25) is 4.79 Å².